The Morgan fingerprint density at radius 1 is 0.741 bits per heavy atom. The van der Waals surface area contributed by atoms with Gasteiger partial charge in [-0.15, -0.1) is 24.3 Å². The van der Waals surface area contributed by atoms with Crippen molar-refractivity contribution >= 4 is 0 Å². The van der Waals surface area contributed by atoms with Gasteiger partial charge in [-0.3, -0.25) is 0 Å². The van der Waals surface area contributed by atoms with Crippen LogP contribution in [0.2, 0.25) is 0 Å². The first-order valence-corrected chi connectivity index (χ1v) is 10.0. The molecule has 4 rings (SSSR count). The molecule has 0 aromatic carbocycles. The summed E-state index contributed by atoms with van der Waals surface area (Å²) in [6.45, 7) is 9.27. The van der Waals surface area contributed by atoms with Crippen molar-refractivity contribution in [3.8, 4) is 0 Å². The van der Waals surface area contributed by atoms with Crippen LogP contribution < -0.4 is 34.0 Å². The summed E-state index contributed by atoms with van der Waals surface area (Å²) in [5.41, 5.74) is 3.32. The molecule has 2 fully saturated rings. The monoisotopic (exact) mass is 570 g/mol. The maximum atomic E-state index is 2.33. The molecule has 0 nitrogen and oxygen atoms in total. The van der Waals surface area contributed by atoms with Crippen LogP contribution in [0.5, 0.6) is 0 Å². The summed E-state index contributed by atoms with van der Waals surface area (Å²) in [6.07, 6.45) is 21.7. The number of allylic oxidation sites excluding steroid dienone is 8. The van der Waals surface area contributed by atoms with Crippen molar-refractivity contribution in [3.05, 3.63) is 59.4 Å². The van der Waals surface area contributed by atoms with Gasteiger partial charge in [-0.05, 0) is 24.7 Å². The van der Waals surface area contributed by atoms with Gasteiger partial charge in [0.25, 0.3) is 0 Å². The van der Waals surface area contributed by atoms with E-state index >= 15 is 0 Å². The van der Waals surface area contributed by atoms with Crippen molar-refractivity contribution in [3.63, 3.8) is 0 Å². The van der Waals surface area contributed by atoms with Crippen LogP contribution in [0.25, 0.3) is 0 Å². The molecule has 2 unspecified atom stereocenters. The first kappa shape index (κ1) is 27.5. The maximum absolute atomic E-state index is 2.33. The van der Waals surface area contributed by atoms with Crippen molar-refractivity contribution in [2.45, 2.75) is 66.2 Å². The Kier molecular flexibility index (Phi) is 13.2. The Morgan fingerprint density at radius 2 is 1.11 bits per heavy atom. The van der Waals surface area contributed by atoms with Gasteiger partial charge in [0.1, 0.15) is 0 Å². The van der Waals surface area contributed by atoms with E-state index in [1.165, 1.54) is 38.5 Å². The minimum atomic E-state index is 0. The van der Waals surface area contributed by atoms with Crippen LogP contribution in [-0.2, 0) is 26.2 Å². The van der Waals surface area contributed by atoms with Gasteiger partial charge in [-0.25, -0.2) is 35.1 Å². The number of fused-ring (bicyclic) bond motifs is 2. The van der Waals surface area contributed by atoms with Gasteiger partial charge in [0.15, 0.2) is 0 Å². The second kappa shape index (κ2) is 13.0. The van der Waals surface area contributed by atoms with Crippen molar-refractivity contribution in [1.29, 1.82) is 0 Å². The zero-order valence-electron chi connectivity index (χ0n) is 17.3. The van der Waals surface area contributed by atoms with E-state index in [1.807, 2.05) is 0 Å². The van der Waals surface area contributed by atoms with E-state index in [2.05, 4.69) is 64.2 Å². The predicted octanol–water partition coefficient (Wildman–Crippen LogP) is 1.03. The molecule has 0 saturated heterocycles. The van der Waals surface area contributed by atoms with Crippen LogP contribution in [0.1, 0.15) is 66.2 Å². The van der Waals surface area contributed by atoms with Gasteiger partial charge in [0, 0.05) is 0 Å². The van der Waals surface area contributed by atoms with Gasteiger partial charge >= 0.3 is 26.2 Å². The standard InChI is InChI=1S/2C12H17.2BrH.Zr/c2*1-9(2)11-8-7-10-5-3-4-6-12(10)11;;;/h2*3-4,6,9-10H,5,7-8H2,1-2H3;2*1H;/q2*-1;;;+4/p-2. The Bertz CT molecular complexity index is 507. The fourth-order valence-corrected chi connectivity index (χ4v) is 4.83. The topological polar surface area (TPSA) is 0 Å². The maximum Gasteiger partial charge on any atom is 4.00 e. The Labute approximate surface area is 208 Å². The summed E-state index contributed by atoms with van der Waals surface area (Å²) < 4.78 is 0. The third-order valence-corrected chi connectivity index (χ3v) is 6.20. The van der Waals surface area contributed by atoms with Crippen LogP contribution in [0.4, 0.5) is 0 Å². The minimum absolute atomic E-state index is 0. The van der Waals surface area contributed by atoms with Crippen LogP contribution >= 0.6 is 0 Å². The largest absolute Gasteiger partial charge is 4.00 e. The van der Waals surface area contributed by atoms with Gasteiger partial charge in [-0.1, -0.05) is 65.2 Å². The van der Waals surface area contributed by atoms with Crippen molar-refractivity contribution in [2.24, 2.45) is 23.7 Å². The van der Waals surface area contributed by atoms with Gasteiger partial charge in [0.2, 0.25) is 0 Å². The van der Waals surface area contributed by atoms with Crippen LogP contribution in [0, 0.1) is 35.5 Å². The molecule has 0 spiro atoms. The molecule has 4 aliphatic carbocycles. The first-order chi connectivity index (χ1) is 11.6. The van der Waals surface area contributed by atoms with Crippen LogP contribution in [0.15, 0.2) is 47.6 Å². The van der Waals surface area contributed by atoms with Gasteiger partial charge in [0.05, 0.1) is 0 Å². The quantitative estimate of drug-likeness (QED) is 0.434. The SMILES string of the molecule is CC(C)[C-]1CCC2CC=CC=C12.CC(C)[C-]1CCC2CC=CC=C12.[Br-].[Br-].[Zr+4]. The number of rotatable bonds is 2. The minimum Gasteiger partial charge on any atom is -1.00 e. The molecule has 2 saturated carbocycles. The van der Waals surface area contributed by atoms with Crippen molar-refractivity contribution < 1.29 is 60.2 Å². The molecule has 0 N–H and O–H groups in total. The Hall–Kier alpha value is 0.543. The summed E-state index contributed by atoms with van der Waals surface area (Å²) in [7, 11) is 0. The zero-order valence-corrected chi connectivity index (χ0v) is 22.9. The molecule has 0 aromatic heterocycles. The molecule has 0 bridgehead atoms. The van der Waals surface area contributed by atoms with E-state index in [-0.39, 0.29) is 60.2 Å². The molecule has 0 aromatic rings. The van der Waals surface area contributed by atoms with Gasteiger partial charge < -0.3 is 34.0 Å². The number of hydrogen-bond donors (Lipinski definition) is 0. The zero-order chi connectivity index (χ0) is 17.1. The first-order valence-electron chi connectivity index (χ1n) is 10.0. The molecule has 0 amide bonds. The number of halogens is 2. The predicted molar refractivity (Wildman–Crippen MR) is 105 cm³/mol. The molecule has 148 valence electrons. The second-order valence-electron chi connectivity index (χ2n) is 8.40. The molecule has 0 radical (unpaired) electrons. The Balaban J connectivity index is 0.000000451. The van der Waals surface area contributed by atoms with Crippen molar-refractivity contribution in [1.82, 2.24) is 0 Å². The molecular formula is C24H34Br2Zr. The fourth-order valence-electron chi connectivity index (χ4n) is 4.83. The third-order valence-electron chi connectivity index (χ3n) is 6.20. The molecule has 4 aliphatic rings. The van der Waals surface area contributed by atoms with Crippen LogP contribution in [-0.4, -0.2) is 0 Å². The summed E-state index contributed by atoms with van der Waals surface area (Å²) in [4.78, 5) is 0. The van der Waals surface area contributed by atoms with E-state index in [9.17, 15) is 0 Å². The normalized spacial score (nSPS) is 24.7. The molecule has 3 heteroatoms. The number of hydrogen-bond acceptors (Lipinski definition) is 0. The van der Waals surface area contributed by atoms with E-state index in [0.717, 1.165) is 23.7 Å². The molecule has 0 heterocycles. The van der Waals surface area contributed by atoms with E-state index in [1.54, 1.807) is 23.0 Å². The van der Waals surface area contributed by atoms with E-state index in [0.29, 0.717) is 0 Å². The Morgan fingerprint density at radius 3 is 1.44 bits per heavy atom. The fraction of sp³-hybridized carbons (Fsp3) is 0.583. The van der Waals surface area contributed by atoms with Crippen molar-refractivity contribution in [2.75, 3.05) is 0 Å². The second-order valence-corrected chi connectivity index (χ2v) is 8.40. The average molecular weight is 574 g/mol. The average Bonchev–Trinajstić information content (AvgIpc) is 3.19. The summed E-state index contributed by atoms with van der Waals surface area (Å²) in [5, 5.41) is 0. The van der Waals surface area contributed by atoms with Gasteiger partial charge in [-0.2, -0.15) is 0 Å². The molecule has 2 atom stereocenters. The summed E-state index contributed by atoms with van der Waals surface area (Å²) >= 11 is 0. The van der Waals surface area contributed by atoms with E-state index in [4.69, 9.17) is 0 Å². The summed E-state index contributed by atoms with van der Waals surface area (Å²) in [6, 6.07) is 0. The molecule has 27 heavy (non-hydrogen) atoms. The molecule has 0 aliphatic heterocycles. The van der Waals surface area contributed by atoms with Crippen LogP contribution in [0.3, 0.4) is 0 Å². The molecular weight excluding hydrogens is 539 g/mol. The summed E-state index contributed by atoms with van der Waals surface area (Å²) in [5.74, 6) is 6.67. The van der Waals surface area contributed by atoms with E-state index < -0.39 is 0 Å². The smallest absolute Gasteiger partial charge is 1.00 e. The third kappa shape index (κ3) is 6.79.